The van der Waals surface area contributed by atoms with Crippen LogP contribution in [0.4, 0.5) is 15.8 Å². The third kappa shape index (κ3) is 4.70. The maximum absolute atomic E-state index is 13.9. The zero-order chi connectivity index (χ0) is 28.7. The number of halogens is 1. The number of fused-ring (bicyclic) bond motifs is 1. The molecule has 0 unspecified atom stereocenters. The first-order valence-electron chi connectivity index (χ1n) is 13.0. The van der Waals surface area contributed by atoms with Gasteiger partial charge in [-0.15, -0.1) is 0 Å². The molecule has 0 aliphatic carbocycles. The summed E-state index contributed by atoms with van der Waals surface area (Å²) in [5.41, 5.74) is 2.86. The van der Waals surface area contributed by atoms with Crippen molar-refractivity contribution in [1.29, 1.82) is 0 Å². The first-order chi connectivity index (χ1) is 19.9. The van der Waals surface area contributed by atoms with Gasteiger partial charge < -0.3 is 9.47 Å². The molecule has 0 radical (unpaired) electrons. The number of imide groups is 1. The van der Waals surface area contributed by atoms with Crippen LogP contribution in [-0.2, 0) is 14.4 Å². The zero-order valence-corrected chi connectivity index (χ0v) is 22.2. The Morgan fingerprint density at radius 1 is 0.829 bits per heavy atom. The molecule has 41 heavy (non-hydrogen) atoms. The molecule has 0 aromatic heterocycles. The van der Waals surface area contributed by atoms with Crippen LogP contribution >= 0.6 is 0 Å². The lowest BCUT2D eigenvalue weighted by Crippen LogP contribution is -2.37. The number of ether oxygens (including phenoxy) is 2. The Labute approximate surface area is 235 Å². The quantitative estimate of drug-likeness (QED) is 0.180. The number of methoxy groups -OCH3 is 1. The summed E-state index contributed by atoms with van der Waals surface area (Å²) < 4.78 is 24.4. The summed E-state index contributed by atoms with van der Waals surface area (Å²) in [6.45, 7) is 1.89. The standard InChI is InChI=1S/C32H25FN2O6/c1-19-7-6-10-24(17-19)34-30(36)27-28(35(41-29(27)31(34)37)23-8-4-3-5-9-23)21-13-16-25(26(18-21)39-2)40-32(38)20-11-14-22(33)15-12-20/h3-18,27-29H,1-2H3/t27-,28-,29-/m1/s1. The smallest absolute Gasteiger partial charge is 0.343 e. The molecule has 0 saturated carbocycles. The van der Waals surface area contributed by atoms with Gasteiger partial charge in [-0.3, -0.25) is 14.4 Å². The second-order valence-electron chi connectivity index (χ2n) is 9.82. The van der Waals surface area contributed by atoms with E-state index < -0.39 is 35.8 Å². The number of hydroxylamine groups is 1. The average Bonchev–Trinajstić information content (AvgIpc) is 3.49. The highest BCUT2D eigenvalue weighted by Gasteiger charge is 2.60. The number of nitrogens with zero attached hydrogens (tertiary/aromatic N) is 2. The van der Waals surface area contributed by atoms with Crippen LogP contribution in [0.3, 0.4) is 0 Å². The predicted octanol–water partition coefficient (Wildman–Crippen LogP) is 5.41. The topological polar surface area (TPSA) is 85.4 Å². The Kier molecular flexibility index (Phi) is 6.72. The van der Waals surface area contributed by atoms with Gasteiger partial charge in [0.1, 0.15) is 11.7 Å². The van der Waals surface area contributed by atoms with Crippen LogP contribution in [-0.4, -0.2) is 31.0 Å². The monoisotopic (exact) mass is 552 g/mol. The minimum Gasteiger partial charge on any atom is -0.493 e. The summed E-state index contributed by atoms with van der Waals surface area (Å²) in [6, 6.07) is 25.6. The van der Waals surface area contributed by atoms with Gasteiger partial charge in [0, 0.05) is 0 Å². The van der Waals surface area contributed by atoms with E-state index >= 15 is 0 Å². The van der Waals surface area contributed by atoms with Gasteiger partial charge in [-0.1, -0.05) is 36.4 Å². The molecule has 206 valence electrons. The molecule has 2 aliphatic rings. The summed E-state index contributed by atoms with van der Waals surface area (Å²) in [7, 11) is 1.43. The number of anilines is 2. The fraction of sp³-hybridized carbons (Fsp3) is 0.156. The highest BCUT2D eigenvalue weighted by molar-refractivity contribution is 6.24. The largest absolute Gasteiger partial charge is 0.493 e. The van der Waals surface area contributed by atoms with Crippen molar-refractivity contribution < 1.29 is 33.1 Å². The van der Waals surface area contributed by atoms with Gasteiger partial charge in [-0.05, 0) is 78.7 Å². The highest BCUT2D eigenvalue weighted by atomic mass is 19.1. The van der Waals surface area contributed by atoms with Crippen LogP contribution in [0.1, 0.15) is 27.5 Å². The molecule has 2 aliphatic heterocycles. The van der Waals surface area contributed by atoms with Crippen LogP contribution in [0.5, 0.6) is 11.5 Å². The fourth-order valence-electron chi connectivity index (χ4n) is 5.27. The molecule has 9 heteroatoms. The molecule has 0 spiro atoms. The van der Waals surface area contributed by atoms with E-state index in [2.05, 4.69) is 0 Å². The molecule has 0 N–H and O–H groups in total. The number of hydrogen-bond donors (Lipinski definition) is 0. The van der Waals surface area contributed by atoms with Crippen molar-refractivity contribution in [2.75, 3.05) is 17.1 Å². The first kappa shape index (κ1) is 26.2. The molecule has 6 rings (SSSR count). The zero-order valence-electron chi connectivity index (χ0n) is 22.2. The average molecular weight is 553 g/mol. The van der Waals surface area contributed by atoms with Crippen LogP contribution in [0.2, 0.25) is 0 Å². The summed E-state index contributed by atoms with van der Waals surface area (Å²) in [5, 5.41) is 1.58. The van der Waals surface area contributed by atoms with E-state index in [1.54, 1.807) is 41.5 Å². The number of hydrogen-bond acceptors (Lipinski definition) is 7. The molecule has 2 amide bonds. The molecule has 3 atom stereocenters. The maximum Gasteiger partial charge on any atom is 0.343 e. The minimum absolute atomic E-state index is 0.141. The molecule has 8 nitrogen and oxygen atoms in total. The van der Waals surface area contributed by atoms with Crippen LogP contribution in [0.25, 0.3) is 0 Å². The van der Waals surface area contributed by atoms with Gasteiger partial charge in [0.05, 0.1) is 30.1 Å². The van der Waals surface area contributed by atoms with E-state index in [0.29, 0.717) is 16.9 Å². The second-order valence-corrected chi connectivity index (χ2v) is 9.82. The van der Waals surface area contributed by atoms with Gasteiger partial charge in [-0.2, -0.15) is 0 Å². The third-order valence-electron chi connectivity index (χ3n) is 7.20. The lowest BCUT2D eigenvalue weighted by Gasteiger charge is -2.29. The third-order valence-corrected chi connectivity index (χ3v) is 7.20. The lowest BCUT2D eigenvalue weighted by atomic mass is 9.90. The van der Waals surface area contributed by atoms with Gasteiger partial charge in [0.15, 0.2) is 17.6 Å². The lowest BCUT2D eigenvalue weighted by molar-refractivity contribution is -0.126. The molecule has 4 aromatic rings. The number of benzene rings is 4. The van der Waals surface area contributed by atoms with Crippen LogP contribution < -0.4 is 19.4 Å². The normalized spacial score (nSPS) is 19.8. The number of aryl methyl sites for hydroxylation is 1. The van der Waals surface area contributed by atoms with Gasteiger partial charge >= 0.3 is 5.97 Å². The number of carbonyl (C=O) groups is 3. The Hall–Kier alpha value is -5.02. The Bertz CT molecular complexity index is 1640. The minimum atomic E-state index is -1.03. The molecule has 2 fully saturated rings. The maximum atomic E-state index is 13.9. The second kappa shape index (κ2) is 10.5. The van der Waals surface area contributed by atoms with E-state index in [1.165, 1.54) is 36.3 Å². The van der Waals surface area contributed by atoms with Gasteiger partial charge in [-0.25, -0.2) is 19.1 Å². The Balaban J connectivity index is 1.37. The molecular weight excluding hydrogens is 527 g/mol. The molecule has 0 bridgehead atoms. The van der Waals surface area contributed by atoms with Crippen LogP contribution in [0, 0.1) is 18.7 Å². The van der Waals surface area contributed by atoms with Crippen molar-refractivity contribution in [3.05, 3.63) is 120 Å². The SMILES string of the molecule is COc1cc([C@@H]2[C@H]3C(=O)N(c4cccc(C)c4)C(=O)[C@@H]3ON2c2ccccc2)ccc1OC(=O)c1ccc(F)cc1. The predicted molar refractivity (Wildman–Crippen MR) is 148 cm³/mol. The van der Waals surface area contributed by atoms with E-state index in [-0.39, 0.29) is 23.0 Å². The number of para-hydroxylation sites is 1. The Morgan fingerprint density at radius 3 is 2.27 bits per heavy atom. The van der Waals surface area contributed by atoms with Crippen molar-refractivity contribution >= 4 is 29.2 Å². The van der Waals surface area contributed by atoms with E-state index in [1.807, 2.05) is 43.3 Å². The first-order valence-corrected chi connectivity index (χ1v) is 13.0. The number of carbonyl (C=O) groups excluding carboxylic acids is 3. The van der Waals surface area contributed by atoms with E-state index in [0.717, 1.165) is 5.56 Å². The van der Waals surface area contributed by atoms with Crippen molar-refractivity contribution in [2.24, 2.45) is 5.92 Å². The fourth-order valence-corrected chi connectivity index (χ4v) is 5.27. The summed E-state index contributed by atoms with van der Waals surface area (Å²) in [5.74, 6) is -2.43. The van der Waals surface area contributed by atoms with Gasteiger partial charge in [0.2, 0.25) is 5.91 Å². The van der Waals surface area contributed by atoms with Crippen molar-refractivity contribution in [1.82, 2.24) is 0 Å². The van der Waals surface area contributed by atoms with Crippen molar-refractivity contribution in [3.63, 3.8) is 0 Å². The number of amides is 2. The Morgan fingerprint density at radius 2 is 1.56 bits per heavy atom. The highest BCUT2D eigenvalue weighted by Crippen LogP contribution is 2.48. The summed E-state index contributed by atoms with van der Waals surface area (Å²) >= 11 is 0. The molecule has 2 heterocycles. The van der Waals surface area contributed by atoms with Crippen LogP contribution in [0.15, 0.2) is 97.1 Å². The molecule has 4 aromatic carbocycles. The van der Waals surface area contributed by atoms with Gasteiger partial charge in [0.25, 0.3) is 5.91 Å². The molecular formula is C32H25FN2O6. The molecule has 2 saturated heterocycles. The van der Waals surface area contributed by atoms with Crippen molar-refractivity contribution in [2.45, 2.75) is 19.1 Å². The van der Waals surface area contributed by atoms with E-state index in [4.69, 9.17) is 14.3 Å². The summed E-state index contributed by atoms with van der Waals surface area (Å²) in [6.07, 6.45) is -1.03. The number of rotatable bonds is 6. The van der Waals surface area contributed by atoms with Crippen molar-refractivity contribution in [3.8, 4) is 11.5 Å². The van der Waals surface area contributed by atoms with E-state index in [9.17, 15) is 18.8 Å². The summed E-state index contributed by atoms with van der Waals surface area (Å²) in [4.78, 5) is 47.5. The number of esters is 1.